The smallest absolute Gasteiger partial charge is 0.303 e. The summed E-state index contributed by atoms with van der Waals surface area (Å²) in [5.74, 6) is 1.09. The van der Waals surface area contributed by atoms with E-state index < -0.39 is 0 Å². The number of hydrogen-bond donors (Lipinski definition) is 0. The number of epoxide rings is 1. The maximum Gasteiger partial charge on any atom is 0.303 e. The first-order valence-electron chi connectivity index (χ1n) is 7.77. The van der Waals surface area contributed by atoms with Gasteiger partial charge in [0, 0.05) is 6.92 Å². The number of esters is 1. The number of fused-ring (bicyclic) bond motifs is 2. The minimum atomic E-state index is -0.271. The molecule has 0 radical (unpaired) electrons. The minimum Gasteiger partial charge on any atom is -0.459 e. The number of ether oxygens (including phenoxy) is 2. The largest absolute Gasteiger partial charge is 0.459 e. The van der Waals surface area contributed by atoms with Crippen LogP contribution in [0.1, 0.15) is 53.4 Å². The predicted octanol–water partition coefficient (Wildman–Crippen LogP) is 3.48. The first kappa shape index (κ1) is 14.1. The first-order chi connectivity index (χ1) is 9.24. The second-order valence-corrected chi connectivity index (χ2v) is 7.73. The molecule has 3 aliphatic rings. The normalized spacial score (nSPS) is 45.9. The van der Waals surface area contributed by atoms with Crippen molar-refractivity contribution in [2.45, 2.75) is 71.2 Å². The summed E-state index contributed by atoms with van der Waals surface area (Å²) in [4.78, 5) is 11.3. The van der Waals surface area contributed by atoms with Crippen molar-refractivity contribution in [3.05, 3.63) is 12.2 Å². The lowest BCUT2D eigenvalue weighted by Crippen LogP contribution is -2.45. The van der Waals surface area contributed by atoms with Crippen LogP contribution in [0.2, 0.25) is 0 Å². The van der Waals surface area contributed by atoms with Crippen molar-refractivity contribution < 1.29 is 14.3 Å². The Morgan fingerprint density at radius 2 is 2.10 bits per heavy atom. The molecular weight excluding hydrogens is 252 g/mol. The van der Waals surface area contributed by atoms with E-state index in [1.807, 2.05) is 0 Å². The number of rotatable bonds is 1. The second kappa shape index (κ2) is 4.33. The zero-order valence-corrected chi connectivity index (χ0v) is 13.1. The van der Waals surface area contributed by atoms with Crippen LogP contribution < -0.4 is 0 Å². The van der Waals surface area contributed by atoms with Crippen molar-refractivity contribution in [3.63, 3.8) is 0 Å². The highest BCUT2D eigenvalue weighted by Crippen LogP contribution is 2.60. The van der Waals surface area contributed by atoms with E-state index in [4.69, 9.17) is 9.47 Å². The van der Waals surface area contributed by atoms with Crippen LogP contribution in [0.15, 0.2) is 12.2 Å². The van der Waals surface area contributed by atoms with Gasteiger partial charge in [-0.15, -0.1) is 0 Å². The summed E-state index contributed by atoms with van der Waals surface area (Å²) < 4.78 is 11.5. The van der Waals surface area contributed by atoms with Crippen LogP contribution in [0.25, 0.3) is 0 Å². The molecule has 112 valence electrons. The van der Waals surface area contributed by atoms with Crippen molar-refractivity contribution in [2.75, 3.05) is 0 Å². The molecule has 0 N–H and O–H groups in total. The summed E-state index contributed by atoms with van der Waals surface area (Å²) >= 11 is 0. The molecule has 0 amide bonds. The van der Waals surface area contributed by atoms with E-state index in [2.05, 4.69) is 27.4 Å². The molecule has 0 unspecified atom stereocenters. The van der Waals surface area contributed by atoms with E-state index in [0.29, 0.717) is 17.3 Å². The van der Waals surface area contributed by atoms with Crippen LogP contribution in [-0.4, -0.2) is 23.8 Å². The molecule has 3 fully saturated rings. The Morgan fingerprint density at radius 1 is 1.40 bits per heavy atom. The van der Waals surface area contributed by atoms with Gasteiger partial charge in [-0.25, -0.2) is 0 Å². The lowest BCUT2D eigenvalue weighted by molar-refractivity contribution is -0.150. The lowest BCUT2D eigenvalue weighted by atomic mass is 9.52. The molecule has 0 aromatic heterocycles. The van der Waals surface area contributed by atoms with Crippen LogP contribution in [0.5, 0.6) is 0 Å². The third-order valence-electron chi connectivity index (χ3n) is 5.88. The Balaban J connectivity index is 1.80. The highest BCUT2D eigenvalue weighted by atomic mass is 16.6. The van der Waals surface area contributed by atoms with Gasteiger partial charge < -0.3 is 9.47 Å². The molecule has 0 spiro atoms. The Labute approximate surface area is 121 Å². The molecule has 20 heavy (non-hydrogen) atoms. The Morgan fingerprint density at radius 3 is 2.70 bits per heavy atom. The van der Waals surface area contributed by atoms with Gasteiger partial charge in [0.1, 0.15) is 11.7 Å². The molecule has 2 aliphatic carbocycles. The van der Waals surface area contributed by atoms with E-state index in [1.165, 1.54) is 18.9 Å². The molecule has 0 aromatic carbocycles. The van der Waals surface area contributed by atoms with Gasteiger partial charge in [0.05, 0.1) is 6.10 Å². The van der Waals surface area contributed by atoms with E-state index >= 15 is 0 Å². The fourth-order valence-electron chi connectivity index (χ4n) is 4.39. The van der Waals surface area contributed by atoms with Crippen LogP contribution in [-0.2, 0) is 14.3 Å². The summed E-state index contributed by atoms with van der Waals surface area (Å²) in [5, 5.41) is 0. The Kier molecular flexibility index (Phi) is 3.06. The van der Waals surface area contributed by atoms with Gasteiger partial charge in [-0.3, -0.25) is 4.79 Å². The third kappa shape index (κ3) is 2.11. The second-order valence-electron chi connectivity index (χ2n) is 7.73. The molecule has 3 nitrogen and oxygen atoms in total. The summed E-state index contributed by atoms with van der Waals surface area (Å²) in [6.45, 7) is 12.6. The Hall–Kier alpha value is -0.830. The van der Waals surface area contributed by atoms with Gasteiger partial charge >= 0.3 is 5.97 Å². The quantitative estimate of drug-likeness (QED) is 0.419. The first-order valence-corrected chi connectivity index (χ1v) is 7.77. The van der Waals surface area contributed by atoms with E-state index in [9.17, 15) is 4.79 Å². The molecular formula is C17H26O3. The van der Waals surface area contributed by atoms with Crippen molar-refractivity contribution in [1.29, 1.82) is 0 Å². The molecule has 5 atom stereocenters. The third-order valence-corrected chi connectivity index (χ3v) is 5.88. The SMILES string of the molecule is C=C1CC[C@@H](OC(C)=O)[C@]2(C)O[C@@H]2C[C@@H]2[C@@H]1CC2(C)C. The molecule has 1 saturated heterocycles. The van der Waals surface area contributed by atoms with E-state index in [-0.39, 0.29) is 23.8 Å². The standard InChI is InChI=1S/C17H26O3/c1-10-6-7-14(19-11(2)18)17(5)15(20-17)8-13-12(10)9-16(13,3)4/h12-15H,1,6-9H2,2-5H3/t12-,13-,14-,15-,17+/m1/s1. The fourth-order valence-corrected chi connectivity index (χ4v) is 4.39. The average molecular weight is 278 g/mol. The lowest BCUT2D eigenvalue weighted by Gasteiger charge is -2.52. The number of allylic oxidation sites excluding steroid dienone is 1. The zero-order valence-electron chi connectivity index (χ0n) is 13.1. The number of carbonyl (C=O) groups excluding carboxylic acids is 1. The van der Waals surface area contributed by atoms with Gasteiger partial charge in [0.15, 0.2) is 0 Å². The monoisotopic (exact) mass is 278 g/mol. The van der Waals surface area contributed by atoms with Gasteiger partial charge in [-0.2, -0.15) is 0 Å². The van der Waals surface area contributed by atoms with Gasteiger partial charge in [-0.05, 0) is 49.9 Å². The van der Waals surface area contributed by atoms with Crippen molar-refractivity contribution in [2.24, 2.45) is 17.3 Å². The van der Waals surface area contributed by atoms with Crippen LogP contribution in [0.3, 0.4) is 0 Å². The molecule has 3 rings (SSSR count). The molecule has 3 heteroatoms. The molecule has 0 aromatic rings. The summed E-state index contributed by atoms with van der Waals surface area (Å²) in [6, 6.07) is 0. The Bertz CT molecular complexity index is 453. The summed E-state index contributed by atoms with van der Waals surface area (Å²) in [7, 11) is 0. The maximum atomic E-state index is 11.3. The fraction of sp³-hybridized carbons (Fsp3) is 0.824. The van der Waals surface area contributed by atoms with E-state index in [0.717, 1.165) is 19.3 Å². The molecule has 1 aliphatic heterocycles. The van der Waals surface area contributed by atoms with Crippen molar-refractivity contribution in [3.8, 4) is 0 Å². The van der Waals surface area contributed by atoms with Crippen LogP contribution in [0.4, 0.5) is 0 Å². The minimum absolute atomic E-state index is 0.123. The maximum absolute atomic E-state index is 11.3. The van der Waals surface area contributed by atoms with Crippen LogP contribution in [0, 0.1) is 17.3 Å². The van der Waals surface area contributed by atoms with Crippen molar-refractivity contribution >= 4 is 5.97 Å². The summed E-state index contributed by atoms with van der Waals surface area (Å²) in [6.07, 6.45) is 4.21. The van der Waals surface area contributed by atoms with Gasteiger partial charge in [-0.1, -0.05) is 26.0 Å². The van der Waals surface area contributed by atoms with Gasteiger partial charge in [0.2, 0.25) is 0 Å². The van der Waals surface area contributed by atoms with Crippen LogP contribution >= 0.6 is 0 Å². The van der Waals surface area contributed by atoms with E-state index in [1.54, 1.807) is 0 Å². The molecule has 1 heterocycles. The average Bonchev–Trinajstić information content (AvgIpc) is 2.99. The molecule has 2 saturated carbocycles. The molecule has 0 bridgehead atoms. The van der Waals surface area contributed by atoms with Gasteiger partial charge in [0.25, 0.3) is 0 Å². The highest BCUT2D eigenvalue weighted by Gasteiger charge is 2.63. The number of carbonyl (C=O) groups is 1. The number of hydrogen-bond acceptors (Lipinski definition) is 3. The van der Waals surface area contributed by atoms with Crippen molar-refractivity contribution in [1.82, 2.24) is 0 Å². The highest BCUT2D eigenvalue weighted by molar-refractivity contribution is 5.66. The predicted molar refractivity (Wildman–Crippen MR) is 77.2 cm³/mol. The topological polar surface area (TPSA) is 38.8 Å². The zero-order chi connectivity index (χ0) is 14.7. The summed E-state index contributed by atoms with van der Waals surface area (Å²) in [5.41, 5.74) is 1.46.